The molecule has 0 bridgehead atoms. The van der Waals surface area contributed by atoms with E-state index in [-0.39, 0.29) is 47.5 Å². The second-order valence-electron chi connectivity index (χ2n) is 16.9. The van der Waals surface area contributed by atoms with E-state index in [1.54, 1.807) is 22.7 Å². The molecule has 62 heavy (non-hydrogen) atoms. The number of carbonyl (C=O) groups excluding carboxylic acids is 4. The van der Waals surface area contributed by atoms with E-state index < -0.39 is 12.1 Å². The molecule has 4 aliphatic rings. The van der Waals surface area contributed by atoms with Gasteiger partial charge in [-0.2, -0.15) is 0 Å². The van der Waals surface area contributed by atoms with Gasteiger partial charge >= 0.3 is 0 Å². The van der Waals surface area contributed by atoms with Gasteiger partial charge in [0.2, 0.25) is 23.6 Å². The Labute approximate surface area is 369 Å². The van der Waals surface area contributed by atoms with Crippen molar-refractivity contribution in [1.29, 1.82) is 0 Å². The third kappa shape index (κ3) is 8.45. The van der Waals surface area contributed by atoms with Gasteiger partial charge in [-0.3, -0.25) is 19.2 Å². The molecule has 2 aliphatic heterocycles. The number of hydrogen-bond acceptors (Lipinski definition) is 8. The first-order valence-corrected chi connectivity index (χ1v) is 23.5. The van der Waals surface area contributed by atoms with Crippen LogP contribution in [0.1, 0.15) is 96.7 Å². The summed E-state index contributed by atoms with van der Waals surface area (Å²) in [6.07, 6.45) is 10.8. The van der Waals surface area contributed by atoms with Gasteiger partial charge in [0.25, 0.3) is 0 Å². The molecule has 12 heteroatoms. The molecule has 2 N–H and O–H groups in total. The number of nitrogens with zero attached hydrogens (tertiary/aromatic N) is 4. The van der Waals surface area contributed by atoms with Crippen LogP contribution in [0.3, 0.4) is 0 Å². The third-order valence-corrected chi connectivity index (χ3v) is 14.9. The highest BCUT2D eigenvalue weighted by molar-refractivity contribution is 7.15. The number of rotatable bonds is 13. The number of likely N-dealkylation sites (tertiary alicyclic amines) is 2. The van der Waals surface area contributed by atoms with E-state index in [0.717, 1.165) is 105 Å². The van der Waals surface area contributed by atoms with Gasteiger partial charge in [0.15, 0.2) is 0 Å². The van der Waals surface area contributed by atoms with E-state index in [1.165, 1.54) is 0 Å². The van der Waals surface area contributed by atoms with E-state index >= 15 is 0 Å². The molecule has 314 valence electrons. The molecule has 4 atom stereocenters. The van der Waals surface area contributed by atoms with Gasteiger partial charge < -0.3 is 20.4 Å². The fourth-order valence-corrected chi connectivity index (χ4v) is 10.9. The first-order valence-electron chi connectivity index (χ1n) is 21.8. The first-order chi connectivity index (χ1) is 30.4. The minimum atomic E-state index is -0.711. The maximum absolute atomic E-state index is 14.1. The van der Waals surface area contributed by atoms with Crippen LogP contribution >= 0.6 is 22.7 Å². The normalized spacial score (nSPS) is 19.5. The molecular formula is C50H48N6O4S2. The fraction of sp³-hybridized carbons (Fsp3) is 0.320. The number of nitrogens with one attached hydrogen (secondary N) is 2. The van der Waals surface area contributed by atoms with Gasteiger partial charge in [0.05, 0.1) is 21.8 Å². The van der Waals surface area contributed by atoms with Crippen molar-refractivity contribution in [2.45, 2.75) is 75.5 Å². The Bertz CT molecular complexity index is 2390. The molecule has 2 aliphatic carbocycles. The Morgan fingerprint density at radius 1 is 0.500 bits per heavy atom. The number of aromatic nitrogens is 2. The summed E-state index contributed by atoms with van der Waals surface area (Å²) in [5.41, 5.74) is 5.95. The molecule has 10 rings (SSSR count). The van der Waals surface area contributed by atoms with Crippen LogP contribution in [0.25, 0.3) is 32.0 Å². The number of amides is 4. The Hall–Kier alpha value is -5.98. The van der Waals surface area contributed by atoms with Crippen molar-refractivity contribution < 1.29 is 19.2 Å². The molecule has 0 radical (unpaired) electrons. The molecule has 4 heterocycles. The first kappa shape index (κ1) is 40.1. The molecule has 4 aromatic carbocycles. The molecule has 2 saturated carbocycles. The molecule has 4 amide bonds. The molecule has 2 aromatic heterocycles. The standard InChI is InChI=1S/C50H48N6O4S2/c57-45(37-23-24-37)53-43(35-9-3-1-4-10-35)49(59)55-27-7-13-39(55)47-51-29-41(61-47)33-19-15-31(16-20-33)32-17-21-34(22-18-32)42-30-52-48(62-42)40-14-8-28-56(40)50(60)44(36-11-5-2-6-12-36)54-46(58)38-25-26-38/h1-6,9-12,15-22,29-30,37-40,43-44H,7-8,13-14,23-28H2,(H,53,57)(H,54,58)/t39-,40-,43-,44+/m1/s1. The summed E-state index contributed by atoms with van der Waals surface area (Å²) in [4.78, 5) is 69.5. The van der Waals surface area contributed by atoms with Crippen molar-refractivity contribution in [1.82, 2.24) is 30.4 Å². The van der Waals surface area contributed by atoms with Gasteiger partial charge in [0.1, 0.15) is 22.1 Å². The largest absolute Gasteiger partial charge is 0.340 e. The number of hydrogen-bond donors (Lipinski definition) is 2. The zero-order chi connectivity index (χ0) is 42.2. The summed E-state index contributed by atoms with van der Waals surface area (Å²) < 4.78 is 0. The minimum Gasteiger partial charge on any atom is -0.340 e. The van der Waals surface area contributed by atoms with Gasteiger partial charge in [0, 0.05) is 37.3 Å². The number of thiazole rings is 2. The summed E-state index contributed by atoms with van der Waals surface area (Å²) in [6, 6.07) is 34.5. The van der Waals surface area contributed by atoms with E-state index in [4.69, 9.17) is 9.97 Å². The Balaban J connectivity index is 0.797. The maximum Gasteiger partial charge on any atom is 0.250 e. The second kappa shape index (κ2) is 17.4. The lowest BCUT2D eigenvalue weighted by molar-refractivity contribution is -0.138. The molecular weight excluding hydrogens is 813 g/mol. The predicted octanol–water partition coefficient (Wildman–Crippen LogP) is 9.46. The van der Waals surface area contributed by atoms with Crippen LogP contribution in [0.15, 0.2) is 122 Å². The Morgan fingerprint density at radius 2 is 0.871 bits per heavy atom. The van der Waals surface area contributed by atoms with Crippen LogP contribution in [-0.4, -0.2) is 56.5 Å². The molecule has 0 spiro atoms. The van der Waals surface area contributed by atoms with Gasteiger partial charge in [-0.1, -0.05) is 109 Å². The summed E-state index contributed by atoms with van der Waals surface area (Å²) in [7, 11) is 0. The van der Waals surface area contributed by atoms with Crippen molar-refractivity contribution >= 4 is 46.3 Å². The lowest BCUT2D eigenvalue weighted by Crippen LogP contribution is -2.43. The average Bonchev–Trinajstić information content (AvgIpc) is 4.07. The lowest BCUT2D eigenvalue weighted by Gasteiger charge is -2.28. The lowest BCUT2D eigenvalue weighted by atomic mass is 10.0. The minimum absolute atomic E-state index is 0.0108. The topological polar surface area (TPSA) is 125 Å². The van der Waals surface area contributed by atoms with Gasteiger partial charge in [-0.15, -0.1) is 22.7 Å². The van der Waals surface area contributed by atoms with E-state index in [2.05, 4.69) is 59.2 Å². The van der Waals surface area contributed by atoms with Crippen molar-refractivity contribution in [3.63, 3.8) is 0 Å². The average molecular weight is 861 g/mol. The highest BCUT2D eigenvalue weighted by Gasteiger charge is 2.41. The van der Waals surface area contributed by atoms with Crippen LogP contribution in [0, 0.1) is 11.8 Å². The van der Waals surface area contributed by atoms with E-state index in [0.29, 0.717) is 13.1 Å². The Kier molecular flexibility index (Phi) is 11.3. The molecule has 4 fully saturated rings. The fourth-order valence-electron chi connectivity index (χ4n) is 8.79. The quantitative estimate of drug-likeness (QED) is 0.119. The van der Waals surface area contributed by atoms with Crippen molar-refractivity contribution in [3.8, 4) is 32.0 Å². The van der Waals surface area contributed by atoms with Crippen LogP contribution in [-0.2, 0) is 19.2 Å². The summed E-state index contributed by atoms with van der Waals surface area (Å²) in [6.45, 7) is 1.27. The highest BCUT2D eigenvalue weighted by Crippen LogP contribution is 2.42. The summed E-state index contributed by atoms with van der Waals surface area (Å²) >= 11 is 3.25. The zero-order valence-corrected chi connectivity index (χ0v) is 36.0. The predicted molar refractivity (Wildman–Crippen MR) is 242 cm³/mol. The zero-order valence-electron chi connectivity index (χ0n) is 34.3. The Morgan fingerprint density at radius 3 is 1.24 bits per heavy atom. The maximum atomic E-state index is 14.1. The van der Waals surface area contributed by atoms with Gasteiger partial charge in [-0.25, -0.2) is 9.97 Å². The smallest absolute Gasteiger partial charge is 0.250 e. The second-order valence-corrected chi connectivity index (χ2v) is 19.0. The van der Waals surface area contributed by atoms with Crippen LogP contribution in [0.5, 0.6) is 0 Å². The van der Waals surface area contributed by atoms with Crippen LogP contribution in [0.4, 0.5) is 0 Å². The summed E-state index contributed by atoms with van der Waals surface area (Å²) in [5.74, 6) is -0.215. The van der Waals surface area contributed by atoms with Gasteiger partial charge in [-0.05, 0) is 84.7 Å². The molecule has 2 saturated heterocycles. The third-order valence-electron chi connectivity index (χ3n) is 12.6. The number of benzene rings is 4. The van der Waals surface area contributed by atoms with E-state index in [9.17, 15) is 19.2 Å². The van der Waals surface area contributed by atoms with Crippen molar-refractivity contribution in [2.75, 3.05) is 13.1 Å². The highest BCUT2D eigenvalue weighted by atomic mass is 32.1. The summed E-state index contributed by atoms with van der Waals surface area (Å²) in [5, 5.41) is 7.96. The van der Waals surface area contributed by atoms with E-state index in [1.807, 2.05) is 82.9 Å². The number of carbonyl (C=O) groups is 4. The van der Waals surface area contributed by atoms with Crippen LogP contribution < -0.4 is 10.6 Å². The molecule has 6 aromatic rings. The SMILES string of the molecule is O=C(N[C@H](C(=O)N1CCC[C@@H]1c1ncc(-c2ccc(-c3ccc(-c4cnc([C@H]5CCCN5C(=O)[C@H](NC(=O)C5CC5)c5ccccc5)s4)cc3)cc2)s1)c1ccccc1)C1CC1. The molecule has 10 nitrogen and oxygen atoms in total. The van der Waals surface area contributed by atoms with Crippen molar-refractivity contribution in [3.05, 3.63) is 143 Å². The molecule has 0 unspecified atom stereocenters. The monoisotopic (exact) mass is 860 g/mol. The van der Waals surface area contributed by atoms with Crippen LogP contribution in [0.2, 0.25) is 0 Å². The van der Waals surface area contributed by atoms with Crippen molar-refractivity contribution in [2.24, 2.45) is 11.8 Å².